The second-order valence-corrected chi connectivity index (χ2v) is 4.04. The molecule has 1 saturated heterocycles. The van der Waals surface area contributed by atoms with Crippen molar-refractivity contribution in [3.05, 3.63) is 0 Å². The summed E-state index contributed by atoms with van der Waals surface area (Å²) in [6.07, 6.45) is 3.50. The summed E-state index contributed by atoms with van der Waals surface area (Å²) in [5, 5.41) is 0. The highest BCUT2D eigenvalue weighted by Gasteiger charge is 2.28. The van der Waals surface area contributed by atoms with E-state index in [1.165, 1.54) is 0 Å². The molecule has 0 aromatic carbocycles. The molecule has 1 atom stereocenters. The van der Waals surface area contributed by atoms with E-state index >= 15 is 0 Å². The molecule has 0 N–H and O–H groups in total. The molecule has 0 aromatic heterocycles. The average Bonchev–Trinajstić information content (AvgIpc) is 2.62. The lowest BCUT2D eigenvalue weighted by Gasteiger charge is -2.15. The molecule has 14 heavy (non-hydrogen) atoms. The SMILES string of the molecule is CCCCC(=O)N1CC[C@@H](C(C)=O)C1. The Bertz CT molecular complexity index is 225. The number of carbonyl (C=O) groups excluding carboxylic acids is 2. The fourth-order valence-corrected chi connectivity index (χ4v) is 1.80. The minimum atomic E-state index is 0.0978. The molecule has 1 rings (SSSR count). The molecule has 0 radical (unpaired) electrons. The molecule has 0 bridgehead atoms. The molecule has 1 aliphatic rings. The number of Topliss-reactive ketones (excluding diaryl/α,β-unsaturated/α-hetero) is 1. The molecule has 0 aliphatic carbocycles. The van der Waals surface area contributed by atoms with E-state index in [4.69, 9.17) is 0 Å². The quantitative estimate of drug-likeness (QED) is 0.686. The van der Waals surface area contributed by atoms with Crippen molar-refractivity contribution in [2.45, 2.75) is 39.5 Å². The van der Waals surface area contributed by atoms with Crippen LogP contribution in [-0.4, -0.2) is 29.7 Å². The van der Waals surface area contributed by atoms with Gasteiger partial charge in [-0.05, 0) is 19.8 Å². The first-order valence-corrected chi connectivity index (χ1v) is 5.43. The van der Waals surface area contributed by atoms with Crippen molar-refractivity contribution in [1.82, 2.24) is 4.90 Å². The molecule has 1 amide bonds. The lowest BCUT2D eigenvalue weighted by Crippen LogP contribution is -2.29. The maximum absolute atomic E-state index is 11.6. The van der Waals surface area contributed by atoms with Gasteiger partial charge in [0.2, 0.25) is 5.91 Å². The van der Waals surface area contributed by atoms with Gasteiger partial charge in [-0.15, -0.1) is 0 Å². The van der Waals surface area contributed by atoms with E-state index in [1.807, 2.05) is 4.90 Å². The Morgan fingerprint density at radius 2 is 2.14 bits per heavy atom. The second-order valence-electron chi connectivity index (χ2n) is 4.04. The molecule has 0 aromatic rings. The fraction of sp³-hybridized carbons (Fsp3) is 0.818. The van der Waals surface area contributed by atoms with Crippen LogP contribution in [0.1, 0.15) is 39.5 Å². The van der Waals surface area contributed by atoms with Crippen LogP contribution in [0.5, 0.6) is 0 Å². The number of rotatable bonds is 4. The third kappa shape index (κ3) is 2.82. The van der Waals surface area contributed by atoms with Gasteiger partial charge in [0.25, 0.3) is 0 Å². The molecular weight excluding hydrogens is 178 g/mol. The zero-order valence-corrected chi connectivity index (χ0v) is 9.08. The Hall–Kier alpha value is -0.860. The summed E-state index contributed by atoms with van der Waals surface area (Å²) in [6, 6.07) is 0. The van der Waals surface area contributed by atoms with Crippen molar-refractivity contribution in [3.63, 3.8) is 0 Å². The normalized spacial score (nSPS) is 21.3. The number of likely N-dealkylation sites (tertiary alicyclic amines) is 1. The Labute approximate surface area is 85.5 Å². The highest BCUT2D eigenvalue weighted by atomic mass is 16.2. The standard InChI is InChI=1S/C11H19NO2/c1-3-4-5-11(14)12-7-6-10(8-12)9(2)13/h10H,3-8H2,1-2H3/t10-/m1/s1. The van der Waals surface area contributed by atoms with Gasteiger partial charge >= 0.3 is 0 Å². The fourth-order valence-electron chi connectivity index (χ4n) is 1.80. The van der Waals surface area contributed by atoms with E-state index in [0.29, 0.717) is 13.0 Å². The van der Waals surface area contributed by atoms with Crippen LogP contribution in [0.4, 0.5) is 0 Å². The number of unbranched alkanes of at least 4 members (excludes halogenated alkanes) is 1. The number of carbonyl (C=O) groups is 2. The molecule has 3 nitrogen and oxygen atoms in total. The van der Waals surface area contributed by atoms with Crippen LogP contribution in [0.25, 0.3) is 0 Å². The van der Waals surface area contributed by atoms with Gasteiger partial charge in [0, 0.05) is 25.4 Å². The molecule has 0 saturated carbocycles. The minimum Gasteiger partial charge on any atom is -0.342 e. The van der Waals surface area contributed by atoms with Crippen molar-refractivity contribution < 1.29 is 9.59 Å². The van der Waals surface area contributed by atoms with Crippen molar-refractivity contribution in [3.8, 4) is 0 Å². The van der Waals surface area contributed by atoms with Crippen molar-refractivity contribution in [2.24, 2.45) is 5.92 Å². The molecule has 80 valence electrons. The van der Waals surface area contributed by atoms with Gasteiger partial charge in [-0.2, -0.15) is 0 Å². The zero-order valence-electron chi connectivity index (χ0n) is 9.08. The van der Waals surface area contributed by atoms with Gasteiger partial charge in [-0.3, -0.25) is 9.59 Å². The molecule has 1 heterocycles. The van der Waals surface area contributed by atoms with Crippen LogP contribution >= 0.6 is 0 Å². The van der Waals surface area contributed by atoms with E-state index in [1.54, 1.807) is 6.92 Å². The van der Waals surface area contributed by atoms with E-state index in [0.717, 1.165) is 25.8 Å². The van der Waals surface area contributed by atoms with Crippen molar-refractivity contribution in [1.29, 1.82) is 0 Å². The summed E-state index contributed by atoms with van der Waals surface area (Å²) in [5.74, 6) is 0.534. The third-order valence-electron chi connectivity index (χ3n) is 2.86. The van der Waals surface area contributed by atoms with E-state index in [2.05, 4.69) is 6.92 Å². The van der Waals surface area contributed by atoms with Crippen LogP contribution in [0.15, 0.2) is 0 Å². The molecule has 1 fully saturated rings. The van der Waals surface area contributed by atoms with Gasteiger partial charge in [0.15, 0.2) is 0 Å². The van der Waals surface area contributed by atoms with E-state index < -0.39 is 0 Å². The zero-order chi connectivity index (χ0) is 10.6. The molecular formula is C11H19NO2. The van der Waals surface area contributed by atoms with Crippen LogP contribution < -0.4 is 0 Å². The van der Waals surface area contributed by atoms with Crippen LogP contribution in [0.2, 0.25) is 0 Å². The van der Waals surface area contributed by atoms with Crippen molar-refractivity contribution >= 4 is 11.7 Å². The predicted molar refractivity (Wildman–Crippen MR) is 54.9 cm³/mol. The first kappa shape index (κ1) is 11.2. The monoisotopic (exact) mass is 197 g/mol. The number of ketones is 1. The first-order chi connectivity index (χ1) is 6.65. The highest BCUT2D eigenvalue weighted by Crippen LogP contribution is 2.18. The first-order valence-electron chi connectivity index (χ1n) is 5.43. The summed E-state index contributed by atoms with van der Waals surface area (Å²) in [7, 11) is 0. The second kappa shape index (κ2) is 5.13. The summed E-state index contributed by atoms with van der Waals surface area (Å²) >= 11 is 0. The highest BCUT2D eigenvalue weighted by molar-refractivity contribution is 5.81. The maximum atomic E-state index is 11.6. The van der Waals surface area contributed by atoms with Crippen molar-refractivity contribution in [2.75, 3.05) is 13.1 Å². The Balaban J connectivity index is 2.34. The van der Waals surface area contributed by atoms with Gasteiger partial charge in [0.1, 0.15) is 5.78 Å². The Kier molecular flexibility index (Phi) is 4.11. The van der Waals surface area contributed by atoms with Crippen LogP contribution in [0.3, 0.4) is 0 Å². The molecule has 0 spiro atoms. The topological polar surface area (TPSA) is 37.4 Å². The predicted octanol–water partition coefficient (Wildman–Crippen LogP) is 1.61. The Morgan fingerprint density at radius 3 is 2.64 bits per heavy atom. The minimum absolute atomic E-state index is 0.0978. The Morgan fingerprint density at radius 1 is 1.43 bits per heavy atom. The lowest BCUT2D eigenvalue weighted by atomic mass is 10.1. The maximum Gasteiger partial charge on any atom is 0.222 e. The van der Waals surface area contributed by atoms with Gasteiger partial charge in [-0.1, -0.05) is 13.3 Å². The van der Waals surface area contributed by atoms with E-state index in [9.17, 15) is 9.59 Å². The average molecular weight is 197 g/mol. The third-order valence-corrected chi connectivity index (χ3v) is 2.86. The van der Waals surface area contributed by atoms with Gasteiger partial charge in [0.05, 0.1) is 0 Å². The summed E-state index contributed by atoms with van der Waals surface area (Å²) < 4.78 is 0. The van der Waals surface area contributed by atoms with Crippen LogP contribution in [0, 0.1) is 5.92 Å². The molecule has 1 aliphatic heterocycles. The number of amides is 1. The smallest absolute Gasteiger partial charge is 0.222 e. The van der Waals surface area contributed by atoms with E-state index in [-0.39, 0.29) is 17.6 Å². The van der Waals surface area contributed by atoms with Gasteiger partial charge in [-0.25, -0.2) is 0 Å². The number of hydrogen-bond donors (Lipinski definition) is 0. The number of nitrogens with zero attached hydrogens (tertiary/aromatic N) is 1. The summed E-state index contributed by atoms with van der Waals surface area (Å²) in [6.45, 7) is 5.12. The summed E-state index contributed by atoms with van der Waals surface area (Å²) in [4.78, 5) is 24.5. The molecule has 0 unspecified atom stereocenters. The lowest BCUT2D eigenvalue weighted by molar-refractivity contribution is -0.130. The van der Waals surface area contributed by atoms with Crippen LogP contribution in [-0.2, 0) is 9.59 Å². The molecule has 3 heteroatoms. The largest absolute Gasteiger partial charge is 0.342 e. The summed E-state index contributed by atoms with van der Waals surface area (Å²) in [5.41, 5.74) is 0. The number of hydrogen-bond acceptors (Lipinski definition) is 2. The van der Waals surface area contributed by atoms with Gasteiger partial charge < -0.3 is 4.90 Å².